The van der Waals surface area contributed by atoms with Crippen LogP contribution >= 0.6 is 0 Å². The van der Waals surface area contributed by atoms with Crippen LogP contribution in [0.5, 0.6) is 0 Å². The zero-order valence-corrected chi connectivity index (χ0v) is 14.5. The second-order valence-corrected chi connectivity index (χ2v) is 7.18. The summed E-state index contributed by atoms with van der Waals surface area (Å²) in [7, 11) is 2.23. The number of hydrogen-bond acceptors (Lipinski definition) is 4. The summed E-state index contributed by atoms with van der Waals surface area (Å²) >= 11 is 0. The van der Waals surface area contributed by atoms with Crippen LogP contribution in [-0.4, -0.2) is 74.4 Å². The molecule has 3 atom stereocenters. The molecule has 124 valence electrons. The van der Waals surface area contributed by atoms with Crippen molar-refractivity contribution in [1.29, 1.82) is 0 Å². The standard InChI is InChI=1S/C17H35N3O/c1-5-16-12-15(6-11-21-16)18-13-17(14(2)3)20-9-7-19(4)8-10-20/h14-18H,5-13H2,1-4H3. The van der Waals surface area contributed by atoms with Gasteiger partial charge in [0.05, 0.1) is 6.10 Å². The summed E-state index contributed by atoms with van der Waals surface area (Å²) in [6.07, 6.45) is 3.97. The third-order valence-corrected chi connectivity index (χ3v) is 5.21. The van der Waals surface area contributed by atoms with E-state index in [0.29, 0.717) is 24.1 Å². The van der Waals surface area contributed by atoms with Crippen molar-refractivity contribution in [2.45, 2.75) is 58.2 Å². The first kappa shape index (κ1) is 17.2. The molecule has 4 heteroatoms. The Balaban J connectivity index is 1.80. The van der Waals surface area contributed by atoms with Gasteiger partial charge in [-0.25, -0.2) is 0 Å². The van der Waals surface area contributed by atoms with Gasteiger partial charge in [-0.1, -0.05) is 20.8 Å². The van der Waals surface area contributed by atoms with Gasteiger partial charge in [0.15, 0.2) is 0 Å². The minimum atomic E-state index is 0.470. The van der Waals surface area contributed by atoms with E-state index in [1.165, 1.54) is 39.0 Å². The molecule has 1 N–H and O–H groups in total. The SMILES string of the molecule is CCC1CC(NCC(C(C)C)N2CCN(C)CC2)CCO1. The van der Waals surface area contributed by atoms with Crippen molar-refractivity contribution >= 4 is 0 Å². The predicted molar refractivity (Wildman–Crippen MR) is 88.8 cm³/mol. The van der Waals surface area contributed by atoms with E-state index in [4.69, 9.17) is 4.74 Å². The summed E-state index contributed by atoms with van der Waals surface area (Å²) in [5.74, 6) is 0.711. The molecule has 3 unspecified atom stereocenters. The predicted octanol–water partition coefficient (Wildman–Crippen LogP) is 1.81. The fourth-order valence-electron chi connectivity index (χ4n) is 3.58. The van der Waals surface area contributed by atoms with Crippen LogP contribution < -0.4 is 5.32 Å². The van der Waals surface area contributed by atoms with Crippen LogP contribution in [0.3, 0.4) is 0 Å². The number of nitrogens with one attached hydrogen (secondary N) is 1. The highest BCUT2D eigenvalue weighted by atomic mass is 16.5. The molecule has 4 nitrogen and oxygen atoms in total. The maximum absolute atomic E-state index is 5.78. The van der Waals surface area contributed by atoms with Gasteiger partial charge >= 0.3 is 0 Å². The Kier molecular flexibility index (Phi) is 6.93. The summed E-state index contributed by atoms with van der Waals surface area (Å²) < 4.78 is 5.78. The first-order valence-corrected chi connectivity index (χ1v) is 8.87. The van der Waals surface area contributed by atoms with Crippen molar-refractivity contribution in [3.05, 3.63) is 0 Å². The van der Waals surface area contributed by atoms with E-state index in [2.05, 4.69) is 42.9 Å². The molecule has 2 saturated heterocycles. The lowest BCUT2D eigenvalue weighted by Gasteiger charge is -2.41. The van der Waals surface area contributed by atoms with Gasteiger partial charge in [0, 0.05) is 51.4 Å². The van der Waals surface area contributed by atoms with Gasteiger partial charge in [-0.15, -0.1) is 0 Å². The molecule has 0 aliphatic carbocycles. The van der Waals surface area contributed by atoms with Crippen LogP contribution in [0.1, 0.15) is 40.0 Å². The number of piperazine rings is 1. The van der Waals surface area contributed by atoms with E-state index in [-0.39, 0.29) is 0 Å². The van der Waals surface area contributed by atoms with E-state index in [9.17, 15) is 0 Å². The smallest absolute Gasteiger partial charge is 0.0587 e. The molecule has 21 heavy (non-hydrogen) atoms. The Hall–Kier alpha value is -0.160. The average Bonchev–Trinajstić information content (AvgIpc) is 2.49. The quantitative estimate of drug-likeness (QED) is 0.809. The second kappa shape index (κ2) is 8.47. The lowest BCUT2D eigenvalue weighted by atomic mass is 9.98. The lowest BCUT2D eigenvalue weighted by Crippen LogP contribution is -2.55. The molecule has 0 radical (unpaired) electrons. The van der Waals surface area contributed by atoms with Crippen LogP contribution in [0.2, 0.25) is 0 Å². The molecule has 2 heterocycles. The Morgan fingerprint density at radius 1 is 1.19 bits per heavy atom. The molecular weight excluding hydrogens is 262 g/mol. The molecule has 2 aliphatic rings. The van der Waals surface area contributed by atoms with Gasteiger partial charge in [0.2, 0.25) is 0 Å². The van der Waals surface area contributed by atoms with E-state index in [1.807, 2.05) is 0 Å². The molecule has 0 saturated carbocycles. The number of likely N-dealkylation sites (N-methyl/N-ethyl adjacent to an activating group) is 1. The number of ether oxygens (including phenoxy) is 1. The fourth-order valence-corrected chi connectivity index (χ4v) is 3.58. The van der Waals surface area contributed by atoms with Crippen molar-refractivity contribution in [1.82, 2.24) is 15.1 Å². The van der Waals surface area contributed by atoms with Crippen molar-refractivity contribution in [3.8, 4) is 0 Å². The Bertz CT molecular complexity index is 290. The van der Waals surface area contributed by atoms with Gasteiger partial charge in [-0.05, 0) is 32.2 Å². The zero-order chi connectivity index (χ0) is 15.2. The second-order valence-electron chi connectivity index (χ2n) is 7.18. The molecule has 2 fully saturated rings. The maximum Gasteiger partial charge on any atom is 0.0587 e. The summed E-state index contributed by atoms with van der Waals surface area (Å²) in [6.45, 7) is 13.9. The average molecular weight is 297 g/mol. The highest BCUT2D eigenvalue weighted by Crippen LogP contribution is 2.18. The maximum atomic E-state index is 5.78. The first-order valence-electron chi connectivity index (χ1n) is 8.87. The summed E-state index contributed by atoms with van der Waals surface area (Å²) in [5.41, 5.74) is 0. The summed E-state index contributed by atoms with van der Waals surface area (Å²) in [5, 5.41) is 3.84. The Morgan fingerprint density at radius 3 is 2.52 bits per heavy atom. The Labute approximate surface area is 131 Å². The number of hydrogen-bond donors (Lipinski definition) is 1. The topological polar surface area (TPSA) is 27.7 Å². The molecule has 0 bridgehead atoms. The van der Waals surface area contributed by atoms with Gasteiger partial charge in [-0.3, -0.25) is 4.90 Å². The molecule has 2 rings (SSSR count). The van der Waals surface area contributed by atoms with E-state index in [0.717, 1.165) is 19.6 Å². The zero-order valence-electron chi connectivity index (χ0n) is 14.5. The summed E-state index contributed by atoms with van der Waals surface area (Å²) in [6, 6.07) is 1.32. The third-order valence-electron chi connectivity index (χ3n) is 5.21. The Morgan fingerprint density at radius 2 is 1.90 bits per heavy atom. The molecule has 2 aliphatic heterocycles. The van der Waals surface area contributed by atoms with Gasteiger partial charge < -0.3 is 15.0 Å². The molecule has 0 spiro atoms. The largest absolute Gasteiger partial charge is 0.378 e. The monoisotopic (exact) mass is 297 g/mol. The normalized spacial score (nSPS) is 30.7. The van der Waals surface area contributed by atoms with Gasteiger partial charge in [-0.2, -0.15) is 0 Å². The van der Waals surface area contributed by atoms with Crippen LogP contribution in [0, 0.1) is 5.92 Å². The van der Waals surface area contributed by atoms with Crippen molar-refractivity contribution < 1.29 is 4.74 Å². The number of rotatable bonds is 6. The third kappa shape index (κ3) is 5.20. The molecule has 0 aromatic heterocycles. The van der Waals surface area contributed by atoms with Crippen molar-refractivity contribution in [2.75, 3.05) is 46.4 Å². The van der Waals surface area contributed by atoms with E-state index in [1.54, 1.807) is 0 Å². The van der Waals surface area contributed by atoms with Crippen molar-refractivity contribution in [2.24, 2.45) is 5.92 Å². The van der Waals surface area contributed by atoms with E-state index < -0.39 is 0 Å². The molecule has 0 aromatic carbocycles. The molecule has 0 aromatic rings. The molecule has 0 amide bonds. The van der Waals surface area contributed by atoms with Gasteiger partial charge in [0.1, 0.15) is 0 Å². The summed E-state index contributed by atoms with van der Waals surface area (Å²) in [4.78, 5) is 5.12. The molecular formula is C17H35N3O. The van der Waals surface area contributed by atoms with E-state index >= 15 is 0 Å². The van der Waals surface area contributed by atoms with Crippen LogP contribution in [0.25, 0.3) is 0 Å². The van der Waals surface area contributed by atoms with Crippen LogP contribution in [0.15, 0.2) is 0 Å². The first-order chi connectivity index (χ1) is 10.1. The van der Waals surface area contributed by atoms with Crippen LogP contribution in [-0.2, 0) is 4.74 Å². The highest BCUT2D eigenvalue weighted by molar-refractivity contribution is 4.84. The van der Waals surface area contributed by atoms with Crippen LogP contribution in [0.4, 0.5) is 0 Å². The fraction of sp³-hybridized carbons (Fsp3) is 1.00. The van der Waals surface area contributed by atoms with Crippen molar-refractivity contribution in [3.63, 3.8) is 0 Å². The van der Waals surface area contributed by atoms with Gasteiger partial charge in [0.25, 0.3) is 0 Å². The number of nitrogens with zero attached hydrogens (tertiary/aromatic N) is 2. The minimum Gasteiger partial charge on any atom is -0.378 e. The lowest BCUT2D eigenvalue weighted by molar-refractivity contribution is -0.00251. The highest BCUT2D eigenvalue weighted by Gasteiger charge is 2.27. The minimum absolute atomic E-state index is 0.470.